The van der Waals surface area contributed by atoms with Gasteiger partial charge < -0.3 is 10.2 Å². The van der Waals surface area contributed by atoms with E-state index in [0.29, 0.717) is 6.04 Å². The second-order valence-electron chi connectivity index (χ2n) is 5.36. The van der Waals surface area contributed by atoms with Crippen molar-refractivity contribution in [1.29, 1.82) is 0 Å². The first-order valence-corrected chi connectivity index (χ1v) is 7.78. The zero-order valence-corrected chi connectivity index (χ0v) is 14.1. The Morgan fingerprint density at radius 2 is 1.95 bits per heavy atom. The Morgan fingerprint density at radius 1 is 1.19 bits per heavy atom. The molecule has 4 heteroatoms. The summed E-state index contributed by atoms with van der Waals surface area (Å²) < 4.78 is 14.3. The van der Waals surface area contributed by atoms with Crippen molar-refractivity contribution in [2.75, 3.05) is 11.9 Å². The Hall–Kier alpha value is -1.39. The number of nitrogens with zero attached hydrogens (tertiary/aromatic N) is 1. The van der Waals surface area contributed by atoms with Crippen LogP contribution >= 0.6 is 15.9 Å². The molecule has 0 aliphatic heterocycles. The minimum atomic E-state index is -0.228. The van der Waals surface area contributed by atoms with Crippen LogP contribution in [0.25, 0.3) is 0 Å². The zero-order chi connectivity index (χ0) is 15.4. The molecule has 1 N–H and O–H groups in total. The van der Waals surface area contributed by atoms with Gasteiger partial charge in [-0.2, -0.15) is 0 Å². The number of benzene rings is 2. The molecule has 2 aromatic carbocycles. The van der Waals surface area contributed by atoms with Crippen LogP contribution in [0.1, 0.15) is 19.4 Å². The lowest BCUT2D eigenvalue weighted by Crippen LogP contribution is -2.21. The number of nitrogens with one attached hydrogen (secondary N) is 1. The van der Waals surface area contributed by atoms with Crippen LogP contribution in [0.5, 0.6) is 0 Å². The third kappa shape index (κ3) is 4.29. The summed E-state index contributed by atoms with van der Waals surface area (Å²) in [7, 11) is 1.93. The molecule has 0 bridgehead atoms. The van der Waals surface area contributed by atoms with Crippen LogP contribution in [-0.2, 0) is 6.54 Å². The Labute approximate surface area is 134 Å². The van der Waals surface area contributed by atoms with E-state index in [9.17, 15) is 4.39 Å². The Bertz CT molecular complexity index is 613. The first-order valence-electron chi connectivity index (χ1n) is 6.98. The molecule has 0 heterocycles. The molecule has 0 aromatic heterocycles. The normalized spacial score (nSPS) is 11.0. The van der Waals surface area contributed by atoms with Gasteiger partial charge in [0.05, 0.1) is 5.69 Å². The van der Waals surface area contributed by atoms with Gasteiger partial charge in [0, 0.05) is 29.8 Å². The minimum Gasteiger partial charge on any atom is -0.344 e. The third-order valence-corrected chi connectivity index (χ3v) is 3.92. The van der Waals surface area contributed by atoms with Gasteiger partial charge in [-0.05, 0) is 51.8 Å². The van der Waals surface area contributed by atoms with Gasteiger partial charge in [-0.3, -0.25) is 0 Å². The van der Waals surface area contributed by atoms with Gasteiger partial charge in [0.1, 0.15) is 5.82 Å². The van der Waals surface area contributed by atoms with Gasteiger partial charge in [-0.25, -0.2) is 4.39 Å². The first kappa shape index (κ1) is 16.0. The second-order valence-corrected chi connectivity index (χ2v) is 6.21. The van der Waals surface area contributed by atoms with Gasteiger partial charge in [0.15, 0.2) is 0 Å². The first-order chi connectivity index (χ1) is 9.97. The average molecular weight is 351 g/mol. The molecule has 0 fully saturated rings. The number of halogens is 2. The maximum Gasteiger partial charge on any atom is 0.125 e. The largest absolute Gasteiger partial charge is 0.344 e. The maximum atomic E-state index is 13.3. The van der Waals surface area contributed by atoms with Crippen molar-refractivity contribution in [2.24, 2.45) is 0 Å². The highest BCUT2D eigenvalue weighted by Crippen LogP contribution is 2.31. The lowest BCUT2D eigenvalue weighted by Gasteiger charge is -2.21. The summed E-state index contributed by atoms with van der Waals surface area (Å²) in [6.45, 7) is 5.09. The maximum absolute atomic E-state index is 13.3. The van der Waals surface area contributed by atoms with Gasteiger partial charge in [0.25, 0.3) is 0 Å². The summed E-state index contributed by atoms with van der Waals surface area (Å²) in [5, 5.41) is 3.39. The molecule has 0 saturated heterocycles. The van der Waals surface area contributed by atoms with E-state index in [1.807, 2.05) is 24.1 Å². The van der Waals surface area contributed by atoms with Crippen LogP contribution in [-0.4, -0.2) is 13.1 Å². The number of hydrogen-bond donors (Lipinski definition) is 1. The number of rotatable bonds is 5. The standard InChI is InChI=1S/C17H20BrFN2/c1-12(2)20-11-13-7-8-17(16(18)9-13)21(3)15-6-4-5-14(19)10-15/h4-10,12,20H,11H2,1-3H3. The van der Waals surface area contributed by atoms with Crippen LogP contribution in [0.2, 0.25) is 0 Å². The summed E-state index contributed by atoms with van der Waals surface area (Å²) in [6.07, 6.45) is 0. The highest BCUT2D eigenvalue weighted by Gasteiger charge is 2.09. The van der Waals surface area contributed by atoms with Crippen molar-refractivity contribution < 1.29 is 4.39 Å². The van der Waals surface area contributed by atoms with E-state index in [1.54, 1.807) is 6.07 Å². The number of hydrogen-bond acceptors (Lipinski definition) is 2. The monoisotopic (exact) mass is 350 g/mol. The van der Waals surface area contributed by atoms with Gasteiger partial charge >= 0.3 is 0 Å². The lowest BCUT2D eigenvalue weighted by molar-refractivity contribution is 0.589. The highest BCUT2D eigenvalue weighted by atomic mass is 79.9. The van der Waals surface area contributed by atoms with Crippen LogP contribution in [0, 0.1) is 5.82 Å². The molecule has 0 saturated carbocycles. The van der Waals surface area contributed by atoms with Crippen LogP contribution in [0.3, 0.4) is 0 Å². The van der Waals surface area contributed by atoms with E-state index in [0.717, 1.165) is 22.4 Å². The Balaban J connectivity index is 2.20. The highest BCUT2D eigenvalue weighted by molar-refractivity contribution is 9.10. The minimum absolute atomic E-state index is 0.228. The van der Waals surface area contributed by atoms with E-state index in [-0.39, 0.29) is 5.82 Å². The predicted octanol–water partition coefficient (Wildman–Crippen LogP) is 4.85. The molecule has 2 aromatic rings. The summed E-state index contributed by atoms with van der Waals surface area (Å²) in [6, 6.07) is 13.3. The third-order valence-electron chi connectivity index (χ3n) is 3.28. The van der Waals surface area contributed by atoms with E-state index in [1.165, 1.54) is 17.7 Å². The molecular weight excluding hydrogens is 331 g/mol. The van der Waals surface area contributed by atoms with E-state index < -0.39 is 0 Å². The molecule has 2 nitrogen and oxygen atoms in total. The molecule has 2 rings (SSSR count). The van der Waals surface area contributed by atoms with Gasteiger partial charge in [-0.1, -0.05) is 26.0 Å². The average Bonchev–Trinajstić information content (AvgIpc) is 2.44. The molecule has 112 valence electrons. The topological polar surface area (TPSA) is 15.3 Å². The fourth-order valence-electron chi connectivity index (χ4n) is 2.08. The second kappa shape index (κ2) is 7.05. The fourth-order valence-corrected chi connectivity index (χ4v) is 2.77. The van der Waals surface area contributed by atoms with Crippen molar-refractivity contribution in [3.63, 3.8) is 0 Å². The molecule has 0 radical (unpaired) electrons. The molecule has 0 amide bonds. The predicted molar refractivity (Wildman–Crippen MR) is 90.6 cm³/mol. The number of anilines is 2. The van der Waals surface area contributed by atoms with Gasteiger partial charge in [0.2, 0.25) is 0 Å². The summed E-state index contributed by atoms with van der Waals surface area (Å²) in [5.41, 5.74) is 3.05. The van der Waals surface area contributed by atoms with Crippen molar-refractivity contribution in [1.82, 2.24) is 5.32 Å². The zero-order valence-electron chi connectivity index (χ0n) is 12.5. The Morgan fingerprint density at radius 3 is 2.57 bits per heavy atom. The quantitative estimate of drug-likeness (QED) is 0.828. The van der Waals surface area contributed by atoms with Crippen molar-refractivity contribution in [3.05, 3.63) is 58.3 Å². The molecule has 0 atom stereocenters. The fraction of sp³-hybridized carbons (Fsp3) is 0.294. The van der Waals surface area contributed by atoms with Gasteiger partial charge in [-0.15, -0.1) is 0 Å². The Kier molecular flexibility index (Phi) is 5.37. The summed E-state index contributed by atoms with van der Waals surface area (Å²) >= 11 is 3.61. The smallest absolute Gasteiger partial charge is 0.125 e. The molecule has 0 unspecified atom stereocenters. The van der Waals surface area contributed by atoms with Crippen molar-refractivity contribution in [2.45, 2.75) is 26.4 Å². The summed E-state index contributed by atoms with van der Waals surface area (Å²) in [4.78, 5) is 1.97. The van der Waals surface area contributed by atoms with Crippen molar-refractivity contribution in [3.8, 4) is 0 Å². The molecule has 0 aliphatic carbocycles. The molecule has 0 spiro atoms. The van der Waals surface area contributed by atoms with Crippen LogP contribution < -0.4 is 10.2 Å². The van der Waals surface area contributed by atoms with E-state index >= 15 is 0 Å². The van der Waals surface area contributed by atoms with Crippen LogP contribution in [0.15, 0.2) is 46.9 Å². The van der Waals surface area contributed by atoms with Crippen LogP contribution in [0.4, 0.5) is 15.8 Å². The van der Waals surface area contributed by atoms with E-state index in [2.05, 4.69) is 47.2 Å². The summed E-state index contributed by atoms with van der Waals surface area (Å²) in [5.74, 6) is -0.228. The molecule has 21 heavy (non-hydrogen) atoms. The van der Waals surface area contributed by atoms with Crippen molar-refractivity contribution >= 4 is 27.3 Å². The SMILES string of the molecule is CC(C)NCc1ccc(N(C)c2cccc(F)c2)c(Br)c1. The van der Waals surface area contributed by atoms with E-state index in [4.69, 9.17) is 0 Å². The lowest BCUT2D eigenvalue weighted by atomic mass is 10.1. The molecular formula is C17H20BrFN2. The molecule has 0 aliphatic rings.